The van der Waals surface area contributed by atoms with Crippen molar-refractivity contribution in [1.82, 2.24) is 0 Å². The third-order valence-electron chi connectivity index (χ3n) is 3.09. The van der Waals surface area contributed by atoms with Crippen molar-refractivity contribution in [2.45, 2.75) is 70.3 Å². The van der Waals surface area contributed by atoms with Crippen molar-refractivity contribution < 1.29 is 24.9 Å². The van der Waals surface area contributed by atoms with E-state index in [0.29, 0.717) is 6.42 Å². The van der Waals surface area contributed by atoms with Crippen LogP contribution < -0.4 is 0 Å². The van der Waals surface area contributed by atoms with Crippen molar-refractivity contribution in [2.24, 2.45) is 0 Å². The zero-order valence-corrected chi connectivity index (χ0v) is 11.0. The van der Waals surface area contributed by atoms with Gasteiger partial charge in [0.15, 0.2) is 5.60 Å². The van der Waals surface area contributed by atoms with Gasteiger partial charge >= 0.3 is 11.9 Å². The molecular weight excluding hydrogens is 236 g/mol. The molecule has 3 N–H and O–H groups in total. The van der Waals surface area contributed by atoms with Gasteiger partial charge < -0.3 is 15.3 Å². The Morgan fingerprint density at radius 3 is 2.00 bits per heavy atom. The number of unbranched alkanes of at least 4 members (excludes halogenated alkanes) is 5. The van der Waals surface area contributed by atoms with Crippen molar-refractivity contribution in [3.63, 3.8) is 0 Å². The highest BCUT2D eigenvalue weighted by molar-refractivity contribution is 5.78. The van der Waals surface area contributed by atoms with Crippen LogP contribution in [0.3, 0.4) is 0 Å². The molecule has 106 valence electrons. The third-order valence-corrected chi connectivity index (χ3v) is 3.09. The minimum atomic E-state index is -1.89. The Kier molecular flexibility index (Phi) is 8.37. The molecule has 0 fully saturated rings. The molecule has 0 rings (SSSR count). The van der Waals surface area contributed by atoms with E-state index in [4.69, 9.17) is 10.2 Å². The fourth-order valence-electron chi connectivity index (χ4n) is 1.85. The van der Waals surface area contributed by atoms with E-state index in [0.717, 1.165) is 25.7 Å². The minimum Gasteiger partial charge on any atom is -0.481 e. The van der Waals surface area contributed by atoms with Gasteiger partial charge in [0, 0.05) is 6.42 Å². The second kappa shape index (κ2) is 8.91. The average molecular weight is 260 g/mol. The molecule has 5 heteroatoms. The van der Waals surface area contributed by atoms with Crippen LogP contribution in [0.5, 0.6) is 0 Å². The Hall–Kier alpha value is -1.10. The van der Waals surface area contributed by atoms with E-state index in [1.54, 1.807) is 0 Å². The van der Waals surface area contributed by atoms with Crippen LogP contribution in [-0.4, -0.2) is 32.9 Å². The standard InChI is InChI=1S/C13H24O5/c1-2-3-4-5-6-7-9-13(18,12(16)17)10-8-11(14)15/h18H,2-10H2,1H3,(H,14,15)(H,16,17). The summed E-state index contributed by atoms with van der Waals surface area (Å²) in [7, 11) is 0. The molecule has 0 aliphatic heterocycles. The normalized spacial score (nSPS) is 14.1. The molecule has 0 aromatic carbocycles. The Labute approximate surface area is 108 Å². The van der Waals surface area contributed by atoms with Gasteiger partial charge in [0.2, 0.25) is 0 Å². The van der Waals surface area contributed by atoms with Crippen molar-refractivity contribution in [3.05, 3.63) is 0 Å². The molecule has 1 unspecified atom stereocenters. The number of rotatable bonds is 11. The zero-order chi connectivity index (χ0) is 14.0. The van der Waals surface area contributed by atoms with E-state index in [2.05, 4.69) is 6.92 Å². The molecule has 0 bridgehead atoms. The molecule has 18 heavy (non-hydrogen) atoms. The summed E-state index contributed by atoms with van der Waals surface area (Å²) >= 11 is 0. The van der Waals surface area contributed by atoms with E-state index in [-0.39, 0.29) is 19.3 Å². The number of hydrogen-bond donors (Lipinski definition) is 3. The molecule has 0 heterocycles. The van der Waals surface area contributed by atoms with E-state index in [1.807, 2.05) is 0 Å². The molecule has 0 radical (unpaired) electrons. The Bertz CT molecular complexity index is 264. The van der Waals surface area contributed by atoms with Gasteiger partial charge in [0.05, 0.1) is 0 Å². The smallest absolute Gasteiger partial charge is 0.335 e. The van der Waals surface area contributed by atoms with Gasteiger partial charge in [0.1, 0.15) is 0 Å². The number of aliphatic hydroxyl groups is 1. The maximum absolute atomic E-state index is 11.0. The predicted molar refractivity (Wildman–Crippen MR) is 67.4 cm³/mol. The summed E-state index contributed by atoms with van der Waals surface area (Å²) in [4.78, 5) is 21.4. The molecule has 0 spiro atoms. The fraction of sp³-hybridized carbons (Fsp3) is 0.846. The van der Waals surface area contributed by atoms with Gasteiger partial charge in [-0.05, 0) is 19.3 Å². The van der Waals surface area contributed by atoms with Crippen LogP contribution in [0.25, 0.3) is 0 Å². The largest absolute Gasteiger partial charge is 0.481 e. The van der Waals surface area contributed by atoms with Crippen molar-refractivity contribution >= 4 is 11.9 Å². The summed E-state index contributed by atoms with van der Waals surface area (Å²) in [5.41, 5.74) is -1.89. The highest BCUT2D eigenvalue weighted by atomic mass is 16.4. The van der Waals surface area contributed by atoms with E-state index in [1.165, 1.54) is 6.42 Å². The second-order valence-electron chi connectivity index (χ2n) is 4.75. The number of hydrogen-bond acceptors (Lipinski definition) is 3. The topological polar surface area (TPSA) is 94.8 Å². The van der Waals surface area contributed by atoms with E-state index in [9.17, 15) is 14.7 Å². The SMILES string of the molecule is CCCCCCCCC(O)(CCC(=O)O)C(=O)O. The number of carbonyl (C=O) groups is 2. The summed E-state index contributed by atoms with van der Waals surface area (Å²) in [5, 5.41) is 27.3. The monoisotopic (exact) mass is 260 g/mol. The van der Waals surface area contributed by atoms with Gasteiger partial charge in [-0.25, -0.2) is 4.79 Å². The minimum absolute atomic E-state index is 0.127. The maximum atomic E-state index is 11.0. The number of carboxylic acids is 2. The van der Waals surface area contributed by atoms with Gasteiger partial charge in [-0.1, -0.05) is 39.0 Å². The van der Waals surface area contributed by atoms with Gasteiger partial charge in [-0.3, -0.25) is 4.79 Å². The molecule has 5 nitrogen and oxygen atoms in total. The first-order chi connectivity index (χ1) is 8.42. The maximum Gasteiger partial charge on any atom is 0.335 e. The van der Waals surface area contributed by atoms with Crippen LogP contribution in [0.4, 0.5) is 0 Å². The number of aliphatic carboxylic acids is 2. The quantitative estimate of drug-likeness (QED) is 0.496. The lowest BCUT2D eigenvalue weighted by atomic mass is 9.91. The molecule has 1 atom stereocenters. The van der Waals surface area contributed by atoms with Gasteiger partial charge in [-0.2, -0.15) is 0 Å². The van der Waals surface area contributed by atoms with Crippen LogP contribution in [0, 0.1) is 0 Å². The second-order valence-corrected chi connectivity index (χ2v) is 4.75. The van der Waals surface area contributed by atoms with Crippen LogP contribution in [0.15, 0.2) is 0 Å². The predicted octanol–water partition coefficient (Wildman–Crippen LogP) is 2.42. The van der Waals surface area contributed by atoms with E-state index < -0.39 is 17.5 Å². The molecule has 0 aliphatic carbocycles. The third kappa shape index (κ3) is 7.27. The molecule has 0 aliphatic rings. The summed E-state index contributed by atoms with van der Waals surface area (Å²) in [6.45, 7) is 2.12. The molecule has 0 aromatic heterocycles. The first-order valence-electron chi connectivity index (χ1n) is 6.60. The molecule has 0 amide bonds. The Balaban J connectivity index is 3.95. The Morgan fingerprint density at radius 1 is 0.944 bits per heavy atom. The first-order valence-corrected chi connectivity index (χ1v) is 6.60. The Morgan fingerprint density at radius 2 is 1.50 bits per heavy atom. The van der Waals surface area contributed by atoms with Crippen LogP contribution in [0.1, 0.15) is 64.7 Å². The van der Waals surface area contributed by atoms with Gasteiger partial charge in [0.25, 0.3) is 0 Å². The summed E-state index contributed by atoms with van der Waals surface area (Å²) in [6, 6.07) is 0. The van der Waals surface area contributed by atoms with Crippen LogP contribution >= 0.6 is 0 Å². The number of carboxylic acid groups (broad SMARTS) is 2. The summed E-state index contributed by atoms with van der Waals surface area (Å²) < 4.78 is 0. The first kappa shape index (κ1) is 16.9. The van der Waals surface area contributed by atoms with Crippen LogP contribution in [-0.2, 0) is 9.59 Å². The molecule has 0 aromatic rings. The summed E-state index contributed by atoms with van der Waals surface area (Å²) in [6.07, 6.45) is 5.54. The fourth-order valence-corrected chi connectivity index (χ4v) is 1.85. The highest BCUT2D eigenvalue weighted by Crippen LogP contribution is 2.22. The zero-order valence-electron chi connectivity index (χ0n) is 11.0. The van der Waals surface area contributed by atoms with Gasteiger partial charge in [-0.15, -0.1) is 0 Å². The molecule has 0 saturated carbocycles. The average Bonchev–Trinajstić information content (AvgIpc) is 2.31. The van der Waals surface area contributed by atoms with Crippen molar-refractivity contribution in [1.29, 1.82) is 0 Å². The lowest BCUT2D eigenvalue weighted by Gasteiger charge is -2.22. The lowest BCUT2D eigenvalue weighted by Crippen LogP contribution is -2.39. The molecular formula is C13H24O5. The van der Waals surface area contributed by atoms with E-state index >= 15 is 0 Å². The van der Waals surface area contributed by atoms with Crippen LogP contribution in [0.2, 0.25) is 0 Å². The van der Waals surface area contributed by atoms with Crippen molar-refractivity contribution in [3.8, 4) is 0 Å². The lowest BCUT2D eigenvalue weighted by molar-refractivity contribution is -0.161. The highest BCUT2D eigenvalue weighted by Gasteiger charge is 2.35. The van der Waals surface area contributed by atoms with Crippen molar-refractivity contribution in [2.75, 3.05) is 0 Å². The molecule has 0 saturated heterocycles. The summed E-state index contributed by atoms with van der Waals surface area (Å²) in [5.74, 6) is -2.41.